The molecule has 0 unspecified atom stereocenters. The summed E-state index contributed by atoms with van der Waals surface area (Å²) in [5.41, 5.74) is 7.69. The van der Waals surface area contributed by atoms with Crippen molar-refractivity contribution in [3.05, 3.63) is 70.8 Å². The van der Waals surface area contributed by atoms with E-state index in [2.05, 4.69) is 0 Å². The van der Waals surface area contributed by atoms with Crippen molar-refractivity contribution in [2.24, 2.45) is 5.73 Å². The second-order valence-corrected chi connectivity index (χ2v) is 5.80. The van der Waals surface area contributed by atoms with Crippen molar-refractivity contribution in [3.63, 3.8) is 0 Å². The number of hydrogen-bond donors (Lipinski definition) is 1. The maximum atomic E-state index is 12.5. The van der Waals surface area contributed by atoms with Crippen molar-refractivity contribution >= 4 is 12.2 Å². The summed E-state index contributed by atoms with van der Waals surface area (Å²) in [5.74, 6) is 0. The van der Waals surface area contributed by atoms with E-state index in [1.54, 1.807) is 6.08 Å². The summed E-state index contributed by atoms with van der Waals surface area (Å²) in [4.78, 5) is 0. The summed E-state index contributed by atoms with van der Waals surface area (Å²) in [6.07, 6.45) is -0.661. The van der Waals surface area contributed by atoms with Crippen molar-refractivity contribution in [2.75, 3.05) is 0 Å². The molecule has 22 heavy (non-hydrogen) atoms. The average Bonchev–Trinajstić information content (AvgIpc) is 2.44. The van der Waals surface area contributed by atoms with Crippen LogP contribution in [0.2, 0.25) is 0 Å². The van der Waals surface area contributed by atoms with Crippen LogP contribution in [-0.2, 0) is 11.7 Å². The van der Waals surface area contributed by atoms with Crippen molar-refractivity contribution in [3.8, 4) is 0 Å². The Morgan fingerprint density at radius 1 is 0.727 bits per heavy atom. The quantitative estimate of drug-likeness (QED) is 0.787. The lowest BCUT2D eigenvalue weighted by Gasteiger charge is -2.18. The molecule has 0 saturated carbocycles. The largest absolute Gasteiger partial charge is 0.416 e. The summed E-state index contributed by atoms with van der Waals surface area (Å²) in [5, 5.41) is 0. The highest BCUT2D eigenvalue weighted by Gasteiger charge is 2.29. The fraction of sp³-hybridized carbons (Fsp3) is 0.222. The molecule has 0 fully saturated rings. The van der Waals surface area contributed by atoms with Gasteiger partial charge in [0.05, 0.1) is 5.56 Å². The second kappa shape index (κ2) is 5.97. The molecular weight excluding hydrogens is 287 g/mol. The Labute approximate surface area is 128 Å². The minimum absolute atomic E-state index is 0.393. The number of halogens is 3. The van der Waals surface area contributed by atoms with E-state index in [-0.39, 0.29) is 0 Å². The monoisotopic (exact) mass is 305 g/mol. The smallest absolute Gasteiger partial charge is 0.322 e. The van der Waals surface area contributed by atoms with Gasteiger partial charge in [-0.15, -0.1) is 0 Å². The fourth-order valence-corrected chi connectivity index (χ4v) is 2.00. The molecule has 0 spiro atoms. The molecule has 0 aliphatic rings. The SMILES string of the molecule is CC(C)(N)c1ccc(/C=C/c2ccc(C(F)(F)F)cc2)cc1. The van der Waals surface area contributed by atoms with Crippen molar-refractivity contribution in [2.45, 2.75) is 25.6 Å². The third-order valence-corrected chi connectivity index (χ3v) is 3.36. The molecule has 1 nitrogen and oxygen atoms in total. The second-order valence-electron chi connectivity index (χ2n) is 5.80. The van der Waals surface area contributed by atoms with Crippen LogP contribution in [0.3, 0.4) is 0 Å². The third-order valence-electron chi connectivity index (χ3n) is 3.36. The van der Waals surface area contributed by atoms with Crippen LogP contribution >= 0.6 is 0 Å². The average molecular weight is 305 g/mol. The van der Waals surface area contributed by atoms with E-state index in [1.165, 1.54) is 12.1 Å². The van der Waals surface area contributed by atoms with E-state index < -0.39 is 17.3 Å². The van der Waals surface area contributed by atoms with Gasteiger partial charge in [0.2, 0.25) is 0 Å². The lowest BCUT2D eigenvalue weighted by molar-refractivity contribution is -0.137. The van der Waals surface area contributed by atoms with Crippen molar-refractivity contribution in [1.29, 1.82) is 0 Å². The van der Waals surface area contributed by atoms with Crippen LogP contribution in [0.1, 0.15) is 36.1 Å². The molecule has 0 atom stereocenters. The maximum Gasteiger partial charge on any atom is 0.416 e. The Balaban J connectivity index is 2.12. The topological polar surface area (TPSA) is 26.0 Å². The van der Waals surface area contributed by atoms with Gasteiger partial charge in [-0.25, -0.2) is 0 Å². The van der Waals surface area contributed by atoms with Crippen LogP contribution in [-0.4, -0.2) is 0 Å². The third kappa shape index (κ3) is 4.21. The summed E-state index contributed by atoms with van der Waals surface area (Å²) in [6.45, 7) is 3.86. The zero-order valence-corrected chi connectivity index (χ0v) is 12.5. The fourth-order valence-electron chi connectivity index (χ4n) is 2.00. The first kappa shape index (κ1) is 16.3. The molecule has 0 aliphatic carbocycles. The van der Waals surface area contributed by atoms with Crippen LogP contribution in [0.25, 0.3) is 12.2 Å². The van der Waals surface area contributed by atoms with E-state index in [0.717, 1.165) is 28.8 Å². The summed E-state index contributed by atoms with van der Waals surface area (Å²) < 4.78 is 37.4. The minimum atomic E-state index is -4.30. The first-order chi connectivity index (χ1) is 10.2. The van der Waals surface area contributed by atoms with E-state index in [0.29, 0.717) is 0 Å². The molecule has 0 radical (unpaired) electrons. The van der Waals surface area contributed by atoms with Crippen LogP contribution < -0.4 is 5.73 Å². The van der Waals surface area contributed by atoms with Gasteiger partial charge in [0.1, 0.15) is 0 Å². The first-order valence-electron chi connectivity index (χ1n) is 6.91. The number of hydrogen-bond acceptors (Lipinski definition) is 1. The van der Waals surface area contributed by atoms with Crippen molar-refractivity contribution in [1.82, 2.24) is 0 Å². The van der Waals surface area contributed by atoms with Gasteiger partial charge in [0.25, 0.3) is 0 Å². The molecule has 0 saturated heterocycles. The molecule has 0 amide bonds. The Bertz CT molecular complexity index is 585. The van der Waals surface area contributed by atoms with Crippen LogP contribution in [0, 0.1) is 0 Å². The summed E-state index contributed by atoms with van der Waals surface area (Å²) in [6, 6.07) is 12.8. The first-order valence-corrected chi connectivity index (χ1v) is 6.91. The zero-order valence-electron chi connectivity index (χ0n) is 12.5. The molecule has 0 aromatic heterocycles. The Morgan fingerprint density at radius 2 is 1.09 bits per heavy atom. The number of alkyl halides is 3. The van der Waals surface area contributed by atoms with Gasteiger partial charge in [-0.2, -0.15) is 13.2 Å². The van der Waals surface area contributed by atoms with Gasteiger partial charge < -0.3 is 5.73 Å². The molecule has 2 rings (SSSR count). The molecule has 2 aromatic carbocycles. The van der Waals surface area contributed by atoms with Crippen LogP contribution in [0.15, 0.2) is 48.5 Å². The lowest BCUT2D eigenvalue weighted by Crippen LogP contribution is -2.28. The lowest BCUT2D eigenvalue weighted by atomic mass is 9.95. The van der Waals surface area contributed by atoms with E-state index in [1.807, 2.05) is 44.2 Å². The van der Waals surface area contributed by atoms with Gasteiger partial charge in [-0.3, -0.25) is 0 Å². The van der Waals surface area contributed by atoms with Gasteiger partial charge >= 0.3 is 6.18 Å². The molecule has 2 N–H and O–H groups in total. The van der Waals surface area contributed by atoms with Gasteiger partial charge in [0, 0.05) is 5.54 Å². The van der Waals surface area contributed by atoms with E-state index >= 15 is 0 Å². The van der Waals surface area contributed by atoms with Crippen LogP contribution in [0.5, 0.6) is 0 Å². The minimum Gasteiger partial charge on any atom is -0.322 e. The Kier molecular flexibility index (Phi) is 4.42. The molecule has 4 heteroatoms. The highest BCUT2D eigenvalue weighted by Crippen LogP contribution is 2.29. The predicted octanol–water partition coefficient (Wildman–Crippen LogP) is 5.07. The van der Waals surface area contributed by atoms with Crippen LogP contribution in [0.4, 0.5) is 13.2 Å². The number of benzene rings is 2. The normalized spacial score (nSPS) is 12.8. The standard InChI is InChI=1S/C18H18F3N/c1-17(2,22)15-9-5-13(6-10-15)3-4-14-7-11-16(12-8-14)18(19,20)21/h3-12H,22H2,1-2H3/b4-3+. The molecule has 2 aromatic rings. The molecular formula is C18H18F3N. The Hall–Kier alpha value is -2.07. The molecule has 0 heterocycles. The molecule has 116 valence electrons. The van der Waals surface area contributed by atoms with Crippen molar-refractivity contribution < 1.29 is 13.2 Å². The molecule has 0 aliphatic heterocycles. The maximum absolute atomic E-state index is 12.5. The van der Waals surface area contributed by atoms with E-state index in [9.17, 15) is 13.2 Å². The van der Waals surface area contributed by atoms with E-state index in [4.69, 9.17) is 5.73 Å². The highest BCUT2D eigenvalue weighted by atomic mass is 19.4. The number of nitrogens with two attached hydrogens (primary N) is 1. The predicted molar refractivity (Wildman–Crippen MR) is 84.0 cm³/mol. The highest BCUT2D eigenvalue weighted by molar-refractivity contribution is 5.69. The summed E-state index contributed by atoms with van der Waals surface area (Å²) >= 11 is 0. The summed E-state index contributed by atoms with van der Waals surface area (Å²) in [7, 11) is 0. The number of rotatable bonds is 3. The van der Waals surface area contributed by atoms with Gasteiger partial charge in [0.15, 0.2) is 0 Å². The van der Waals surface area contributed by atoms with Gasteiger partial charge in [-0.1, -0.05) is 48.6 Å². The zero-order chi connectivity index (χ0) is 16.4. The Morgan fingerprint density at radius 3 is 1.41 bits per heavy atom. The van der Waals surface area contributed by atoms with Gasteiger partial charge in [-0.05, 0) is 42.7 Å². The molecule has 0 bridgehead atoms.